The minimum absolute atomic E-state index is 0.00599. The van der Waals surface area contributed by atoms with Crippen molar-refractivity contribution in [2.75, 3.05) is 6.54 Å². The van der Waals surface area contributed by atoms with Gasteiger partial charge in [-0.1, -0.05) is 50.7 Å². The van der Waals surface area contributed by atoms with Gasteiger partial charge in [-0.2, -0.15) is 0 Å². The molecule has 0 radical (unpaired) electrons. The molecule has 1 N–H and O–H groups in total. The fraction of sp³-hybridized carbons (Fsp3) is 0.364. The number of rotatable bonds is 8. The maximum Gasteiger partial charge on any atom is 0.233 e. The third-order valence-electron chi connectivity index (χ3n) is 4.55. The van der Waals surface area contributed by atoms with Crippen molar-refractivity contribution in [3.8, 4) is 17.1 Å². The summed E-state index contributed by atoms with van der Waals surface area (Å²) in [6, 6.07) is 12.1. The standard InChI is InChI=1S/C22H27N5OS/c1-5-12-24-21(28)16(4)29-22-26-25-20(17-9-8-13-23-14-17)27(22)19-11-7-6-10-18(19)15(2)3/h6-11,13-16H,5,12H2,1-4H3,(H,24,28). The van der Waals surface area contributed by atoms with E-state index in [1.807, 2.05) is 42.7 Å². The van der Waals surface area contributed by atoms with Crippen LogP contribution in [0.2, 0.25) is 0 Å². The SMILES string of the molecule is CCCNC(=O)C(C)Sc1nnc(-c2cccnc2)n1-c1ccccc1C(C)C. The lowest BCUT2D eigenvalue weighted by Gasteiger charge is -2.18. The summed E-state index contributed by atoms with van der Waals surface area (Å²) in [5, 5.41) is 12.3. The summed E-state index contributed by atoms with van der Waals surface area (Å²) in [6.45, 7) is 8.94. The van der Waals surface area contributed by atoms with Crippen molar-refractivity contribution in [2.45, 2.75) is 50.4 Å². The van der Waals surface area contributed by atoms with Crippen LogP contribution in [0.1, 0.15) is 45.6 Å². The molecule has 1 unspecified atom stereocenters. The van der Waals surface area contributed by atoms with E-state index in [0.717, 1.165) is 23.5 Å². The van der Waals surface area contributed by atoms with Crippen LogP contribution in [-0.2, 0) is 4.79 Å². The molecular formula is C22H27N5OS. The highest BCUT2D eigenvalue weighted by Crippen LogP contribution is 2.33. The third kappa shape index (κ3) is 4.85. The molecule has 0 aliphatic heterocycles. The number of benzene rings is 1. The molecule has 3 rings (SSSR count). The first-order valence-corrected chi connectivity index (χ1v) is 10.8. The van der Waals surface area contributed by atoms with Crippen LogP contribution in [0.25, 0.3) is 17.1 Å². The van der Waals surface area contributed by atoms with Gasteiger partial charge in [0.2, 0.25) is 5.91 Å². The zero-order valence-corrected chi connectivity index (χ0v) is 18.1. The van der Waals surface area contributed by atoms with Crippen LogP contribution in [-0.4, -0.2) is 37.5 Å². The molecule has 1 aromatic carbocycles. The summed E-state index contributed by atoms with van der Waals surface area (Å²) < 4.78 is 2.04. The van der Waals surface area contributed by atoms with Gasteiger partial charge in [-0.3, -0.25) is 14.3 Å². The van der Waals surface area contributed by atoms with Gasteiger partial charge in [0.25, 0.3) is 0 Å². The monoisotopic (exact) mass is 409 g/mol. The summed E-state index contributed by atoms with van der Waals surface area (Å²) in [4.78, 5) is 16.6. The van der Waals surface area contributed by atoms with Gasteiger partial charge in [-0.05, 0) is 43.0 Å². The van der Waals surface area contributed by atoms with Crippen LogP contribution < -0.4 is 5.32 Å². The molecule has 0 bridgehead atoms. The molecule has 3 aromatic rings. The number of amides is 1. The number of nitrogens with one attached hydrogen (secondary N) is 1. The highest BCUT2D eigenvalue weighted by Gasteiger charge is 2.23. The van der Waals surface area contributed by atoms with Gasteiger partial charge in [-0.25, -0.2) is 0 Å². The number of thioether (sulfide) groups is 1. The van der Waals surface area contributed by atoms with E-state index in [9.17, 15) is 4.79 Å². The number of nitrogens with zero attached hydrogens (tertiary/aromatic N) is 4. The van der Waals surface area contributed by atoms with Gasteiger partial charge in [-0.15, -0.1) is 10.2 Å². The third-order valence-corrected chi connectivity index (χ3v) is 5.60. The van der Waals surface area contributed by atoms with E-state index in [4.69, 9.17) is 0 Å². The lowest BCUT2D eigenvalue weighted by molar-refractivity contribution is -0.120. The second-order valence-electron chi connectivity index (χ2n) is 7.15. The highest BCUT2D eigenvalue weighted by atomic mass is 32.2. The summed E-state index contributed by atoms with van der Waals surface area (Å²) in [5.74, 6) is 1.06. The van der Waals surface area contributed by atoms with E-state index >= 15 is 0 Å². The number of hydrogen-bond acceptors (Lipinski definition) is 5. The Bertz CT molecular complexity index is 955. The Morgan fingerprint density at radius 1 is 1.14 bits per heavy atom. The lowest BCUT2D eigenvalue weighted by Crippen LogP contribution is -2.31. The highest BCUT2D eigenvalue weighted by molar-refractivity contribution is 8.00. The Balaban J connectivity index is 2.07. The van der Waals surface area contributed by atoms with E-state index < -0.39 is 0 Å². The van der Waals surface area contributed by atoms with Crippen LogP contribution in [0.5, 0.6) is 0 Å². The van der Waals surface area contributed by atoms with Crippen molar-refractivity contribution in [3.63, 3.8) is 0 Å². The molecular weight excluding hydrogens is 382 g/mol. The van der Waals surface area contributed by atoms with Gasteiger partial charge < -0.3 is 5.32 Å². The molecule has 1 amide bonds. The second kappa shape index (κ2) is 9.69. The lowest BCUT2D eigenvalue weighted by atomic mass is 10.0. The molecule has 2 aromatic heterocycles. The van der Waals surface area contributed by atoms with Gasteiger partial charge in [0.15, 0.2) is 11.0 Å². The van der Waals surface area contributed by atoms with Gasteiger partial charge in [0.1, 0.15) is 0 Å². The Morgan fingerprint density at radius 2 is 1.93 bits per heavy atom. The number of para-hydroxylation sites is 1. The first-order valence-electron chi connectivity index (χ1n) is 9.92. The van der Waals surface area contributed by atoms with Crippen molar-refractivity contribution in [2.24, 2.45) is 0 Å². The molecule has 1 atom stereocenters. The fourth-order valence-corrected chi connectivity index (χ4v) is 3.91. The van der Waals surface area contributed by atoms with Crippen molar-refractivity contribution < 1.29 is 4.79 Å². The predicted molar refractivity (Wildman–Crippen MR) is 117 cm³/mol. The van der Waals surface area contributed by atoms with Crippen molar-refractivity contribution >= 4 is 17.7 Å². The molecule has 7 heteroatoms. The molecule has 0 saturated heterocycles. The van der Waals surface area contributed by atoms with Crippen molar-refractivity contribution in [3.05, 3.63) is 54.4 Å². The average molecular weight is 410 g/mol. The van der Waals surface area contributed by atoms with E-state index in [1.54, 1.807) is 12.4 Å². The van der Waals surface area contributed by atoms with Crippen LogP contribution in [0.4, 0.5) is 0 Å². The second-order valence-corrected chi connectivity index (χ2v) is 8.46. The van der Waals surface area contributed by atoms with Crippen LogP contribution >= 0.6 is 11.8 Å². The van der Waals surface area contributed by atoms with E-state index in [1.165, 1.54) is 17.3 Å². The number of aromatic nitrogens is 4. The minimum atomic E-state index is -0.280. The predicted octanol–water partition coefficient (Wildman–Crippen LogP) is 4.46. The summed E-state index contributed by atoms with van der Waals surface area (Å²) in [7, 11) is 0. The Morgan fingerprint density at radius 3 is 2.62 bits per heavy atom. The minimum Gasteiger partial charge on any atom is -0.355 e. The maximum atomic E-state index is 12.4. The van der Waals surface area contributed by atoms with Crippen molar-refractivity contribution in [1.29, 1.82) is 0 Å². The fourth-order valence-electron chi connectivity index (χ4n) is 3.03. The largest absolute Gasteiger partial charge is 0.355 e. The average Bonchev–Trinajstić information content (AvgIpc) is 3.15. The zero-order chi connectivity index (χ0) is 20.8. The van der Waals surface area contributed by atoms with Gasteiger partial charge in [0.05, 0.1) is 10.9 Å². The maximum absolute atomic E-state index is 12.4. The van der Waals surface area contributed by atoms with E-state index in [2.05, 4.69) is 46.5 Å². The first kappa shape index (κ1) is 21.0. The topological polar surface area (TPSA) is 72.7 Å². The van der Waals surface area contributed by atoms with Gasteiger partial charge in [0, 0.05) is 24.5 Å². The van der Waals surface area contributed by atoms with E-state index in [-0.39, 0.29) is 11.2 Å². The summed E-state index contributed by atoms with van der Waals surface area (Å²) in [5.41, 5.74) is 3.10. The Kier molecular flexibility index (Phi) is 7.04. The number of pyridine rings is 1. The molecule has 152 valence electrons. The Labute approximate surface area is 176 Å². The van der Waals surface area contributed by atoms with E-state index in [0.29, 0.717) is 17.6 Å². The van der Waals surface area contributed by atoms with Crippen molar-refractivity contribution in [1.82, 2.24) is 25.1 Å². The Hall–Kier alpha value is -2.67. The van der Waals surface area contributed by atoms with Crippen LogP contribution in [0.15, 0.2) is 53.9 Å². The molecule has 0 spiro atoms. The molecule has 2 heterocycles. The molecule has 0 aliphatic carbocycles. The van der Waals surface area contributed by atoms with Gasteiger partial charge >= 0.3 is 0 Å². The summed E-state index contributed by atoms with van der Waals surface area (Å²) >= 11 is 1.42. The summed E-state index contributed by atoms with van der Waals surface area (Å²) in [6.07, 6.45) is 4.43. The molecule has 0 aliphatic rings. The number of carbonyl (C=O) groups is 1. The smallest absolute Gasteiger partial charge is 0.233 e. The molecule has 29 heavy (non-hydrogen) atoms. The van der Waals surface area contributed by atoms with Crippen LogP contribution in [0, 0.1) is 0 Å². The van der Waals surface area contributed by atoms with Crippen LogP contribution in [0.3, 0.4) is 0 Å². The molecule has 0 saturated carbocycles. The number of carbonyl (C=O) groups excluding carboxylic acids is 1. The normalized spacial score (nSPS) is 12.2. The quantitative estimate of drug-likeness (QED) is 0.556. The zero-order valence-electron chi connectivity index (χ0n) is 17.3. The number of hydrogen-bond donors (Lipinski definition) is 1. The molecule has 0 fully saturated rings. The molecule has 6 nitrogen and oxygen atoms in total. The first-order chi connectivity index (χ1) is 14.0.